The minimum Gasteiger partial charge on any atom is -0.497 e. The minimum absolute atomic E-state index is 0. The second-order valence-corrected chi connectivity index (χ2v) is 5.34. The molecule has 21 heavy (non-hydrogen) atoms. The Balaban J connectivity index is 0.00000400. The van der Waals surface area contributed by atoms with Crippen molar-refractivity contribution in [1.29, 1.82) is 0 Å². The first kappa shape index (κ1) is 19.5. The molecule has 0 aliphatic rings. The van der Waals surface area contributed by atoms with Crippen molar-refractivity contribution in [3.05, 3.63) is 24.3 Å². The summed E-state index contributed by atoms with van der Waals surface area (Å²) in [5.41, 5.74) is 5.07. The summed E-state index contributed by atoms with van der Waals surface area (Å²) >= 11 is 0. The first-order valence-electron chi connectivity index (χ1n) is 6.63. The number of rotatable bonds is 7. The van der Waals surface area contributed by atoms with Gasteiger partial charge in [-0.25, -0.2) is 0 Å². The number of carbonyl (C=O) groups is 1. The third-order valence-corrected chi connectivity index (χ3v) is 3.19. The van der Waals surface area contributed by atoms with Crippen LogP contribution in [0.3, 0.4) is 0 Å². The van der Waals surface area contributed by atoms with E-state index < -0.39 is 5.41 Å². The minimum atomic E-state index is -0.533. The highest BCUT2D eigenvalue weighted by Gasteiger charge is 2.28. The summed E-state index contributed by atoms with van der Waals surface area (Å²) < 4.78 is 10.7. The van der Waals surface area contributed by atoms with Crippen LogP contribution in [0.5, 0.6) is 11.5 Å². The maximum atomic E-state index is 12.1. The smallest absolute Gasteiger partial charge is 0.229 e. The van der Waals surface area contributed by atoms with Gasteiger partial charge in [-0.2, -0.15) is 0 Å². The topological polar surface area (TPSA) is 64.8 Å². The van der Waals surface area contributed by atoms with Gasteiger partial charge in [0.1, 0.15) is 18.1 Å². The van der Waals surface area contributed by atoms with E-state index >= 15 is 0 Å². The molecule has 0 heterocycles. The Hall–Kier alpha value is -1.46. The standard InChI is InChI=1S/C15H24N2O3.ClH/c1-15(2,11-16)14(18)17(3)9-10-20-13-7-5-12(19-4)6-8-13;/h5-8H,9-11,16H2,1-4H3;1H. The molecule has 0 fully saturated rings. The number of carbonyl (C=O) groups excluding carboxylic acids is 1. The average Bonchev–Trinajstić information content (AvgIpc) is 2.47. The van der Waals surface area contributed by atoms with Crippen LogP contribution in [-0.2, 0) is 4.79 Å². The number of ether oxygens (including phenoxy) is 2. The van der Waals surface area contributed by atoms with Gasteiger partial charge in [-0.15, -0.1) is 12.4 Å². The van der Waals surface area contributed by atoms with Gasteiger partial charge in [0.2, 0.25) is 5.91 Å². The zero-order valence-electron chi connectivity index (χ0n) is 13.1. The van der Waals surface area contributed by atoms with Gasteiger partial charge in [0.05, 0.1) is 19.1 Å². The Labute approximate surface area is 132 Å². The Bertz CT molecular complexity index is 435. The molecular weight excluding hydrogens is 292 g/mol. The quantitative estimate of drug-likeness (QED) is 0.835. The van der Waals surface area contributed by atoms with Crippen LogP contribution in [-0.4, -0.2) is 44.7 Å². The Kier molecular flexibility index (Phi) is 8.14. The van der Waals surface area contributed by atoms with E-state index in [1.165, 1.54) is 0 Å². The largest absolute Gasteiger partial charge is 0.497 e. The van der Waals surface area contributed by atoms with Gasteiger partial charge in [0, 0.05) is 13.6 Å². The lowest BCUT2D eigenvalue weighted by atomic mass is 9.92. The van der Waals surface area contributed by atoms with Crippen LogP contribution in [0.15, 0.2) is 24.3 Å². The lowest BCUT2D eigenvalue weighted by Crippen LogP contribution is -2.44. The molecule has 1 aromatic rings. The monoisotopic (exact) mass is 316 g/mol. The van der Waals surface area contributed by atoms with Crippen LogP contribution < -0.4 is 15.2 Å². The van der Waals surface area contributed by atoms with E-state index in [1.807, 2.05) is 38.1 Å². The van der Waals surface area contributed by atoms with Crippen LogP contribution in [0, 0.1) is 5.41 Å². The Morgan fingerprint density at radius 2 is 1.76 bits per heavy atom. The summed E-state index contributed by atoms with van der Waals surface area (Å²) in [6, 6.07) is 7.35. The summed E-state index contributed by atoms with van der Waals surface area (Å²) in [7, 11) is 3.38. The Morgan fingerprint density at radius 3 is 2.24 bits per heavy atom. The van der Waals surface area contributed by atoms with E-state index in [1.54, 1.807) is 19.1 Å². The van der Waals surface area contributed by atoms with Crippen molar-refractivity contribution in [3.63, 3.8) is 0 Å². The second kappa shape index (κ2) is 8.74. The fraction of sp³-hybridized carbons (Fsp3) is 0.533. The van der Waals surface area contributed by atoms with Gasteiger partial charge in [0.25, 0.3) is 0 Å². The average molecular weight is 317 g/mol. The number of hydrogen-bond donors (Lipinski definition) is 1. The molecule has 1 aromatic carbocycles. The first-order valence-corrected chi connectivity index (χ1v) is 6.63. The fourth-order valence-corrected chi connectivity index (χ4v) is 1.68. The molecule has 0 bridgehead atoms. The second-order valence-electron chi connectivity index (χ2n) is 5.34. The van der Waals surface area contributed by atoms with Crippen LogP contribution >= 0.6 is 12.4 Å². The SMILES string of the molecule is COc1ccc(OCCN(C)C(=O)C(C)(C)CN)cc1.Cl. The molecule has 5 nitrogen and oxygen atoms in total. The molecule has 1 amide bonds. The summed E-state index contributed by atoms with van der Waals surface area (Å²) in [5, 5.41) is 0. The van der Waals surface area contributed by atoms with Crippen LogP contribution in [0.2, 0.25) is 0 Å². The maximum absolute atomic E-state index is 12.1. The van der Waals surface area contributed by atoms with Gasteiger partial charge in [-0.05, 0) is 38.1 Å². The van der Waals surface area contributed by atoms with Gasteiger partial charge in [-0.3, -0.25) is 4.79 Å². The molecule has 0 aliphatic carbocycles. The summed E-state index contributed by atoms with van der Waals surface area (Å²) in [6.45, 7) is 4.98. The fourth-order valence-electron chi connectivity index (χ4n) is 1.68. The molecule has 0 saturated carbocycles. The van der Waals surface area contributed by atoms with Crippen molar-refractivity contribution >= 4 is 18.3 Å². The summed E-state index contributed by atoms with van der Waals surface area (Å²) in [4.78, 5) is 13.7. The number of methoxy groups -OCH3 is 1. The number of nitrogens with two attached hydrogens (primary N) is 1. The molecule has 1 rings (SSSR count). The third-order valence-electron chi connectivity index (χ3n) is 3.19. The van der Waals surface area contributed by atoms with Gasteiger partial charge < -0.3 is 20.1 Å². The molecule has 0 unspecified atom stereocenters. The highest BCUT2D eigenvalue weighted by Crippen LogP contribution is 2.18. The number of hydrogen-bond acceptors (Lipinski definition) is 4. The van der Waals surface area contributed by atoms with Crippen LogP contribution in [0.4, 0.5) is 0 Å². The lowest BCUT2D eigenvalue weighted by molar-refractivity contribution is -0.138. The molecular formula is C15H25ClN2O3. The van der Waals surface area contributed by atoms with Crippen molar-refractivity contribution in [3.8, 4) is 11.5 Å². The normalized spacial score (nSPS) is 10.5. The van der Waals surface area contributed by atoms with E-state index in [-0.39, 0.29) is 18.3 Å². The van der Waals surface area contributed by atoms with Gasteiger partial charge in [0.15, 0.2) is 0 Å². The van der Waals surface area contributed by atoms with Crippen molar-refractivity contribution in [1.82, 2.24) is 4.90 Å². The Morgan fingerprint density at radius 1 is 1.24 bits per heavy atom. The van der Waals surface area contributed by atoms with Crippen molar-refractivity contribution in [2.75, 3.05) is 33.9 Å². The molecule has 6 heteroatoms. The van der Waals surface area contributed by atoms with E-state index in [9.17, 15) is 4.79 Å². The molecule has 0 radical (unpaired) electrons. The zero-order chi connectivity index (χ0) is 15.2. The number of benzene rings is 1. The van der Waals surface area contributed by atoms with Crippen LogP contribution in [0.1, 0.15) is 13.8 Å². The van der Waals surface area contributed by atoms with E-state index in [4.69, 9.17) is 15.2 Å². The van der Waals surface area contributed by atoms with E-state index in [2.05, 4.69) is 0 Å². The first-order chi connectivity index (χ1) is 9.40. The third kappa shape index (κ3) is 5.81. The zero-order valence-corrected chi connectivity index (χ0v) is 13.9. The van der Waals surface area contributed by atoms with Gasteiger partial charge >= 0.3 is 0 Å². The number of nitrogens with zero attached hydrogens (tertiary/aromatic N) is 1. The van der Waals surface area contributed by atoms with Gasteiger partial charge in [-0.1, -0.05) is 0 Å². The molecule has 2 N–H and O–H groups in total. The number of amides is 1. The number of halogens is 1. The van der Waals surface area contributed by atoms with E-state index in [0.29, 0.717) is 19.7 Å². The van der Waals surface area contributed by atoms with Crippen LogP contribution in [0.25, 0.3) is 0 Å². The van der Waals surface area contributed by atoms with E-state index in [0.717, 1.165) is 11.5 Å². The molecule has 0 spiro atoms. The predicted octanol–water partition coefficient (Wildman–Crippen LogP) is 1.94. The lowest BCUT2D eigenvalue weighted by Gasteiger charge is -2.28. The van der Waals surface area contributed by atoms with Crippen molar-refractivity contribution < 1.29 is 14.3 Å². The van der Waals surface area contributed by atoms with Crippen molar-refractivity contribution in [2.45, 2.75) is 13.8 Å². The molecule has 120 valence electrons. The highest BCUT2D eigenvalue weighted by atomic mass is 35.5. The predicted molar refractivity (Wildman–Crippen MR) is 86.2 cm³/mol. The summed E-state index contributed by atoms with van der Waals surface area (Å²) in [6.07, 6.45) is 0. The van der Waals surface area contributed by atoms with Crippen molar-refractivity contribution in [2.24, 2.45) is 11.1 Å². The molecule has 0 saturated heterocycles. The molecule has 0 aliphatic heterocycles. The molecule has 0 aromatic heterocycles. The maximum Gasteiger partial charge on any atom is 0.229 e. The number of likely N-dealkylation sites (N-methyl/N-ethyl adjacent to an activating group) is 1. The summed E-state index contributed by atoms with van der Waals surface area (Å²) in [5.74, 6) is 1.57. The highest BCUT2D eigenvalue weighted by molar-refractivity contribution is 5.85. The molecule has 0 atom stereocenters.